The van der Waals surface area contributed by atoms with Crippen LogP contribution in [-0.2, 0) is 9.53 Å². The molecule has 2 saturated heterocycles. The number of piperidine rings is 1. The Hall–Kier alpha value is -0.650. The minimum atomic E-state index is -0.162. The summed E-state index contributed by atoms with van der Waals surface area (Å²) < 4.78 is 5.27. The van der Waals surface area contributed by atoms with Gasteiger partial charge in [-0.3, -0.25) is 4.79 Å². The lowest BCUT2D eigenvalue weighted by atomic mass is 10.0. The largest absolute Gasteiger partial charge is 0.394 e. The summed E-state index contributed by atoms with van der Waals surface area (Å²) >= 11 is 0. The fourth-order valence-electron chi connectivity index (χ4n) is 2.36. The van der Waals surface area contributed by atoms with E-state index in [1.807, 2.05) is 0 Å². The Kier molecular flexibility index (Phi) is 4.15. The van der Waals surface area contributed by atoms with Crippen molar-refractivity contribution in [1.82, 2.24) is 10.2 Å². The Balaban J connectivity index is 1.95. The minimum absolute atomic E-state index is 0.0154. The first-order valence-corrected chi connectivity index (χ1v) is 6.05. The SMILES string of the molecule is O=C([C@H]1CCCCN1)N1CCOCC1CO. The van der Waals surface area contributed by atoms with Crippen LogP contribution < -0.4 is 5.32 Å². The predicted molar refractivity (Wildman–Crippen MR) is 59.0 cm³/mol. The molecule has 0 bridgehead atoms. The molecule has 0 aromatic rings. The number of hydrogen-bond donors (Lipinski definition) is 2. The molecule has 2 rings (SSSR count). The Morgan fingerprint density at radius 1 is 1.50 bits per heavy atom. The molecule has 2 fully saturated rings. The van der Waals surface area contributed by atoms with E-state index in [9.17, 15) is 9.90 Å². The van der Waals surface area contributed by atoms with Crippen molar-refractivity contribution in [2.24, 2.45) is 0 Å². The predicted octanol–water partition coefficient (Wildman–Crippen LogP) is -0.652. The van der Waals surface area contributed by atoms with Crippen LogP contribution >= 0.6 is 0 Å². The molecule has 2 heterocycles. The summed E-state index contributed by atoms with van der Waals surface area (Å²) in [5, 5.41) is 12.5. The van der Waals surface area contributed by atoms with Gasteiger partial charge in [-0.1, -0.05) is 6.42 Å². The van der Waals surface area contributed by atoms with Gasteiger partial charge in [0, 0.05) is 6.54 Å². The molecule has 1 amide bonds. The third-order valence-corrected chi connectivity index (χ3v) is 3.33. The molecule has 1 unspecified atom stereocenters. The van der Waals surface area contributed by atoms with Gasteiger partial charge in [-0.05, 0) is 19.4 Å². The molecule has 92 valence electrons. The van der Waals surface area contributed by atoms with Gasteiger partial charge in [0.15, 0.2) is 0 Å². The second kappa shape index (κ2) is 5.61. The topological polar surface area (TPSA) is 61.8 Å². The average molecular weight is 228 g/mol. The van der Waals surface area contributed by atoms with E-state index in [4.69, 9.17) is 4.74 Å². The lowest BCUT2D eigenvalue weighted by Gasteiger charge is -2.37. The fraction of sp³-hybridized carbons (Fsp3) is 0.909. The zero-order chi connectivity index (χ0) is 11.4. The summed E-state index contributed by atoms with van der Waals surface area (Å²) in [6.45, 7) is 2.54. The van der Waals surface area contributed by atoms with Crippen molar-refractivity contribution < 1.29 is 14.6 Å². The molecule has 0 aromatic heterocycles. The van der Waals surface area contributed by atoms with Crippen LogP contribution in [0.3, 0.4) is 0 Å². The van der Waals surface area contributed by atoms with Gasteiger partial charge in [-0.25, -0.2) is 0 Å². The summed E-state index contributed by atoms with van der Waals surface area (Å²) in [7, 11) is 0. The standard InChI is InChI=1S/C11H20N2O3/c14-7-9-8-16-6-5-13(9)11(15)10-3-1-2-4-12-10/h9-10,12,14H,1-8H2/t9?,10-/m1/s1. The highest BCUT2D eigenvalue weighted by atomic mass is 16.5. The maximum absolute atomic E-state index is 12.2. The van der Waals surface area contributed by atoms with Gasteiger partial charge in [0.2, 0.25) is 5.91 Å². The van der Waals surface area contributed by atoms with Gasteiger partial charge in [0.1, 0.15) is 0 Å². The molecule has 0 saturated carbocycles. The van der Waals surface area contributed by atoms with E-state index >= 15 is 0 Å². The van der Waals surface area contributed by atoms with E-state index in [0.29, 0.717) is 19.8 Å². The third kappa shape index (κ3) is 2.53. The fourth-order valence-corrected chi connectivity index (χ4v) is 2.36. The summed E-state index contributed by atoms with van der Waals surface area (Å²) in [6, 6.07) is -0.217. The van der Waals surface area contributed by atoms with E-state index in [2.05, 4.69) is 5.32 Å². The highest BCUT2D eigenvalue weighted by molar-refractivity contribution is 5.82. The molecule has 2 aliphatic rings. The first-order valence-electron chi connectivity index (χ1n) is 6.05. The molecule has 5 heteroatoms. The maximum atomic E-state index is 12.2. The summed E-state index contributed by atoms with van der Waals surface area (Å²) in [5.74, 6) is 0.127. The number of nitrogens with zero attached hydrogens (tertiary/aromatic N) is 1. The molecular formula is C11H20N2O3. The van der Waals surface area contributed by atoms with E-state index < -0.39 is 0 Å². The lowest BCUT2D eigenvalue weighted by Crippen LogP contribution is -2.57. The Morgan fingerprint density at radius 2 is 2.38 bits per heavy atom. The molecule has 2 atom stereocenters. The highest BCUT2D eigenvalue weighted by Gasteiger charge is 2.31. The molecule has 2 aliphatic heterocycles. The summed E-state index contributed by atoms with van der Waals surface area (Å²) in [5.41, 5.74) is 0. The zero-order valence-electron chi connectivity index (χ0n) is 9.52. The molecular weight excluding hydrogens is 208 g/mol. The molecule has 0 radical (unpaired) electrons. The number of morpholine rings is 1. The van der Waals surface area contributed by atoms with Crippen LogP contribution in [0.1, 0.15) is 19.3 Å². The van der Waals surface area contributed by atoms with Crippen molar-refractivity contribution in [3.8, 4) is 0 Å². The van der Waals surface area contributed by atoms with Crippen molar-refractivity contribution in [3.05, 3.63) is 0 Å². The second-order valence-corrected chi connectivity index (χ2v) is 4.45. The van der Waals surface area contributed by atoms with Crippen LogP contribution in [0, 0.1) is 0 Å². The van der Waals surface area contributed by atoms with Crippen molar-refractivity contribution in [2.75, 3.05) is 32.9 Å². The smallest absolute Gasteiger partial charge is 0.240 e. The van der Waals surface area contributed by atoms with Gasteiger partial charge in [-0.2, -0.15) is 0 Å². The van der Waals surface area contributed by atoms with Crippen molar-refractivity contribution >= 4 is 5.91 Å². The first kappa shape index (κ1) is 11.8. The van der Waals surface area contributed by atoms with Gasteiger partial charge in [0.05, 0.1) is 31.9 Å². The number of ether oxygens (including phenoxy) is 1. The number of amides is 1. The number of carbonyl (C=O) groups is 1. The maximum Gasteiger partial charge on any atom is 0.240 e. The number of rotatable bonds is 2. The van der Waals surface area contributed by atoms with Crippen LogP contribution in [0.5, 0.6) is 0 Å². The molecule has 16 heavy (non-hydrogen) atoms. The highest BCUT2D eigenvalue weighted by Crippen LogP contribution is 2.14. The Bertz CT molecular complexity index is 241. The average Bonchev–Trinajstić information content (AvgIpc) is 2.39. The quantitative estimate of drug-likeness (QED) is 0.659. The summed E-state index contributed by atoms with van der Waals surface area (Å²) in [4.78, 5) is 14.0. The molecule has 0 aliphatic carbocycles. The number of hydrogen-bond acceptors (Lipinski definition) is 4. The molecule has 2 N–H and O–H groups in total. The van der Waals surface area contributed by atoms with Crippen LogP contribution in [0.2, 0.25) is 0 Å². The third-order valence-electron chi connectivity index (χ3n) is 3.33. The lowest BCUT2D eigenvalue weighted by molar-refractivity contribution is -0.144. The minimum Gasteiger partial charge on any atom is -0.394 e. The molecule has 5 nitrogen and oxygen atoms in total. The number of aliphatic hydroxyl groups excluding tert-OH is 1. The number of carbonyl (C=O) groups excluding carboxylic acids is 1. The van der Waals surface area contributed by atoms with E-state index in [1.165, 1.54) is 0 Å². The van der Waals surface area contributed by atoms with Gasteiger partial charge in [-0.15, -0.1) is 0 Å². The second-order valence-electron chi connectivity index (χ2n) is 4.45. The van der Waals surface area contributed by atoms with Crippen LogP contribution in [0.15, 0.2) is 0 Å². The zero-order valence-corrected chi connectivity index (χ0v) is 9.52. The summed E-state index contributed by atoms with van der Waals surface area (Å²) in [6.07, 6.45) is 3.17. The molecule has 0 spiro atoms. The van der Waals surface area contributed by atoms with E-state index in [1.54, 1.807) is 4.90 Å². The van der Waals surface area contributed by atoms with Crippen molar-refractivity contribution in [3.63, 3.8) is 0 Å². The van der Waals surface area contributed by atoms with Crippen molar-refractivity contribution in [1.29, 1.82) is 0 Å². The first-order chi connectivity index (χ1) is 7.83. The van der Waals surface area contributed by atoms with Gasteiger partial charge < -0.3 is 20.1 Å². The van der Waals surface area contributed by atoms with Crippen LogP contribution in [0.25, 0.3) is 0 Å². The Labute approximate surface area is 95.8 Å². The Morgan fingerprint density at radius 3 is 3.06 bits per heavy atom. The normalized spacial score (nSPS) is 31.4. The van der Waals surface area contributed by atoms with Gasteiger partial charge in [0.25, 0.3) is 0 Å². The van der Waals surface area contributed by atoms with Gasteiger partial charge >= 0.3 is 0 Å². The van der Waals surface area contributed by atoms with Crippen LogP contribution in [-0.4, -0.2) is 60.9 Å². The van der Waals surface area contributed by atoms with E-state index in [0.717, 1.165) is 25.8 Å². The van der Waals surface area contributed by atoms with Crippen LogP contribution in [0.4, 0.5) is 0 Å². The molecule has 0 aromatic carbocycles. The number of nitrogens with one attached hydrogen (secondary N) is 1. The van der Waals surface area contributed by atoms with E-state index in [-0.39, 0.29) is 24.6 Å². The monoisotopic (exact) mass is 228 g/mol. The number of aliphatic hydroxyl groups is 1. The van der Waals surface area contributed by atoms with Crippen molar-refractivity contribution in [2.45, 2.75) is 31.3 Å².